The van der Waals surface area contributed by atoms with Gasteiger partial charge in [-0.3, -0.25) is 9.69 Å². The minimum Gasteiger partial charge on any atom is -0.345 e. The van der Waals surface area contributed by atoms with Gasteiger partial charge < -0.3 is 4.90 Å². The Morgan fingerprint density at radius 3 is 2.27 bits per heavy atom. The highest BCUT2D eigenvalue weighted by molar-refractivity contribution is 5.58. The molecule has 2 atom stereocenters. The summed E-state index contributed by atoms with van der Waals surface area (Å²) in [6, 6.07) is 5.80. The van der Waals surface area contributed by atoms with Gasteiger partial charge in [0.2, 0.25) is 6.41 Å². The smallest absolute Gasteiger partial charge is 0.209 e. The first-order chi connectivity index (χ1) is 22.8. The molecule has 1 aliphatic rings. The number of rotatable bonds is 12. The lowest BCUT2D eigenvalue weighted by atomic mass is 9.95. The fourth-order valence-electron chi connectivity index (χ4n) is 5.42. The summed E-state index contributed by atoms with van der Waals surface area (Å²) in [7, 11) is 0. The van der Waals surface area contributed by atoms with Gasteiger partial charge in [-0.2, -0.15) is 5.10 Å². The van der Waals surface area contributed by atoms with Crippen LogP contribution in [0.4, 0.5) is 17.6 Å². The molecule has 9 heteroatoms. The lowest BCUT2D eigenvalue weighted by Crippen LogP contribution is -2.43. The molecule has 1 aromatic heterocycles. The third-order valence-corrected chi connectivity index (χ3v) is 7.83. The Morgan fingerprint density at radius 2 is 1.73 bits per heavy atom. The SMILES string of the molecule is CC.CC.CC/C(F)=C\C(=C/C(C)F)n1nc(C)cc1CC1CCCN(C=O)CC1.CCCN(CCc1ccc(F)cc1F)C(C)(C)C. The number of likely N-dealkylation sites (tertiary alicyclic amines) is 1. The number of benzene rings is 1. The molecule has 2 unspecified atom stereocenters. The lowest BCUT2D eigenvalue weighted by molar-refractivity contribution is -0.118. The van der Waals surface area contributed by atoms with Crippen LogP contribution in [0.2, 0.25) is 0 Å². The maximum Gasteiger partial charge on any atom is 0.209 e. The minimum atomic E-state index is -1.19. The predicted molar refractivity (Wildman–Crippen MR) is 194 cm³/mol. The monoisotopic (exact) mass is 681 g/mol. The third kappa shape index (κ3) is 16.9. The zero-order chi connectivity index (χ0) is 36.9. The van der Waals surface area contributed by atoms with E-state index in [-0.39, 0.29) is 17.8 Å². The van der Waals surface area contributed by atoms with Crippen LogP contribution in [0.5, 0.6) is 0 Å². The zero-order valence-electron chi connectivity index (χ0n) is 31.7. The molecule has 0 radical (unpaired) electrons. The van der Waals surface area contributed by atoms with E-state index in [0.29, 0.717) is 23.6 Å². The van der Waals surface area contributed by atoms with Crippen LogP contribution in [-0.4, -0.2) is 63.9 Å². The first kappa shape index (κ1) is 45.1. The van der Waals surface area contributed by atoms with Gasteiger partial charge in [-0.05, 0) is 122 Å². The second-order valence-electron chi connectivity index (χ2n) is 12.7. The molecule has 0 spiro atoms. The van der Waals surface area contributed by atoms with Crippen LogP contribution >= 0.6 is 0 Å². The van der Waals surface area contributed by atoms with Crippen molar-refractivity contribution < 1.29 is 22.4 Å². The molecule has 0 bridgehead atoms. The van der Waals surface area contributed by atoms with Crippen molar-refractivity contribution in [2.24, 2.45) is 5.92 Å². The van der Waals surface area contributed by atoms with E-state index in [2.05, 4.69) is 37.7 Å². The van der Waals surface area contributed by atoms with E-state index in [0.717, 1.165) is 82.1 Å². The molecule has 0 saturated carbocycles. The average Bonchev–Trinajstić information content (AvgIpc) is 3.25. The fourth-order valence-corrected chi connectivity index (χ4v) is 5.42. The molecule has 5 nitrogen and oxygen atoms in total. The number of alkyl halides is 1. The van der Waals surface area contributed by atoms with Gasteiger partial charge >= 0.3 is 0 Å². The third-order valence-electron chi connectivity index (χ3n) is 7.83. The summed E-state index contributed by atoms with van der Waals surface area (Å²) in [5.74, 6) is -0.830. The topological polar surface area (TPSA) is 41.4 Å². The largest absolute Gasteiger partial charge is 0.345 e. The van der Waals surface area contributed by atoms with Gasteiger partial charge in [-0.25, -0.2) is 22.2 Å². The molecule has 1 fully saturated rings. The van der Waals surface area contributed by atoms with E-state index >= 15 is 0 Å². The molecular weight excluding hydrogens is 616 g/mol. The average molecular weight is 681 g/mol. The van der Waals surface area contributed by atoms with Crippen LogP contribution in [0.15, 0.2) is 42.2 Å². The van der Waals surface area contributed by atoms with Gasteiger partial charge in [-0.1, -0.05) is 47.6 Å². The molecule has 1 aromatic carbocycles. The highest BCUT2D eigenvalue weighted by atomic mass is 19.1. The van der Waals surface area contributed by atoms with Crippen LogP contribution in [0, 0.1) is 24.5 Å². The second-order valence-corrected chi connectivity index (χ2v) is 12.7. The summed E-state index contributed by atoms with van der Waals surface area (Å²) >= 11 is 0. The second kappa shape index (κ2) is 24.2. The molecule has 1 amide bonds. The summed E-state index contributed by atoms with van der Waals surface area (Å²) < 4.78 is 55.5. The Bertz CT molecular complexity index is 1230. The number of aryl methyl sites for hydroxylation is 1. The number of amides is 1. The molecule has 1 aliphatic heterocycles. The van der Waals surface area contributed by atoms with Crippen molar-refractivity contribution in [2.75, 3.05) is 26.2 Å². The van der Waals surface area contributed by atoms with Gasteiger partial charge in [0.05, 0.1) is 11.4 Å². The maximum absolute atomic E-state index is 13.9. The quantitative estimate of drug-likeness (QED) is 0.127. The number of allylic oxidation sites excluding steroid dienone is 4. The van der Waals surface area contributed by atoms with Crippen molar-refractivity contribution in [3.05, 3.63) is 70.8 Å². The summed E-state index contributed by atoms with van der Waals surface area (Å²) in [6.45, 7) is 25.0. The van der Waals surface area contributed by atoms with Gasteiger partial charge in [0.15, 0.2) is 0 Å². The standard InChI is InChI=1S/C20H29F2N3O.C15H23F2N.2C2H6/c1-4-18(22)13-19(10-15(2)21)25-20(11-16(3)23-25)12-17-6-5-8-24(14-26)9-7-17;1-5-9-18(15(2,3)4)10-8-12-6-7-13(16)11-14(12)17;2*1-2/h10-11,13-15,17H,4-9,12H2,1-3H3;6-7,11H,5,8-10H2,1-4H3;2*1-2H3/b18-13+,19-10+;;;. The van der Waals surface area contributed by atoms with Crippen molar-refractivity contribution in [1.82, 2.24) is 19.6 Å². The fraction of sp³-hybridized carbons (Fsp3) is 0.641. The summed E-state index contributed by atoms with van der Waals surface area (Å²) in [5, 5.41) is 4.48. The molecule has 2 aromatic rings. The summed E-state index contributed by atoms with van der Waals surface area (Å²) in [5.41, 5.74) is 2.88. The van der Waals surface area contributed by atoms with Crippen molar-refractivity contribution in [3.8, 4) is 0 Å². The Hall–Kier alpha value is -2.94. The molecular formula is C39H64F4N4O. The maximum atomic E-state index is 13.9. The van der Waals surface area contributed by atoms with Crippen LogP contribution in [0.25, 0.3) is 5.70 Å². The number of halogens is 4. The predicted octanol–water partition coefficient (Wildman–Crippen LogP) is 10.5. The Morgan fingerprint density at radius 1 is 1.06 bits per heavy atom. The Labute approximate surface area is 289 Å². The summed E-state index contributed by atoms with van der Waals surface area (Å²) in [6.07, 6.45) is 8.16. The first-order valence-corrected chi connectivity index (χ1v) is 17.9. The molecule has 0 aliphatic carbocycles. The molecule has 48 heavy (non-hydrogen) atoms. The number of carbonyl (C=O) groups is 1. The normalized spacial score (nSPS) is 16.1. The van der Waals surface area contributed by atoms with Crippen molar-refractivity contribution >= 4 is 12.1 Å². The molecule has 2 heterocycles. The van der Waals surface area contributed by atoms with Gasteiger partial charge in [0.1, 0.15) is 23.6 Å². The number of aromatic nitrogens is 2. The zero-order valence-corrected chi connectivity index (χ0v) is 31.7. The number of nitrogens with zero attached hydrogens (tertiary/aromatic N) is 4. The summed E-state index contributed by atoms with van der Waals surface area (Å²) in [4.78, 5) is 15.1. The van der Waals surface area contributed by atoms with Crippen molar-refractivity contribution in [3.63, 3.8) is 0 Å². The van der Waals surface area contributed by atoms with E-state index < -0.39 is 17.8 Å². The highest BCUT2D eigenvalue weighted by Gasteiger charge is 2.21. The van der Waals surface area contributed by atoms with Crippen LogP contribution in [0.3, 0.4) is 0 Å². The van der Waals surface area contributed by atoms with Crippen LogP contribution in [0.1, 0.15) is 118 Å². The van der Waals surface area contributed by atoms with E-state index in [1.54, 1.807) is 11.6 Å². The molecule has 1 saturated heterocycles. The Balaban J connectivity index is 0.000000879. The van der Waals surface area contributed by atoms with E-state index in [1.165, 1.54) is 31.2 Å². The van der Waals surface area contributed by atoms with E-state index in [4.69, 9.17) is 0 Å². The minimum absolute atomic E-state index is 0.0759. The van der Waals surface area contributed by atoms with Crippen molar-refractivity contribution in [2.45, 2.75) is 133 Å². The number of hydrogen-bond donors (Lipinski definition) is 0. The first-order valence-electron chi connectivity index (χ1n) is 17.9. The van der Waals surface area contributed by atoms with Crippen LogP contribution in [-0.2, 0) is 17.6 Å². The van der Waals surface area contributed by atoms with E-state index in [1.807, 2.05) is 45.6 Å². The highest BCUT2D eigenvalue weighted by Crippen LogP contribution is 2.25. The number of hydrogen-bond acceptors (Lipinski definition) is 3. The van der Waals surface area contributed by atoms with Gasteiger partial charge in [0.25, 0.3) is 0 Å². The van der Waals surface area contributed by atoms with Crippen molar-refractivity contribution in [1.29, 1.82) is 0 Å². The lowest BCUT2D eigenvalue weighted by Gasteiger charge is -2.35. The van der Waals surface area contributed by atoms with Gasteiger partial charge in [-0.15, -0.1) is 0 Å². The van der Waals surface area contributed by atoms with Crippen LogP contribution < -0.4 is 0 Å². The molecule has 274 valence electrons. The number of carbonyl (C=O) groups excluding carboxylic acids is 1. The van der Waals surface area contributed by atoms with E-state index in [9.17, 15) is 22.4 Å². The molecule has 3 rings (SSSR count). The Kier molecular flexibility index (Phi) is 22.8. The van der Waals surface area contributed by atoms with Gasteiger partial charge in [0, 0.05) is 36.9 Å². The molecule has 0 N–H and O–H groups in total.